The summed E-state index contributed by atoms with van der Waals surface area (Å²) in [5.74, 6) is 0. The van der Waals surface area contributed by atoms with Gasteiger partial charge in [0.05, 0.1) is 6.04 Å². The average Bonchev–Trinajstić information content (AvgIpc) is 2.16. The molecule has 0 bridgehead atoms. The summed E-state index contributed by atoms with van der Waals surface area (Å²) < 4.78 is 0. The molecule has 0 spiro atoms. The van der Waals surface area contributed by atoms with Gasteiger partial charge in [0.1, 0.15) is 5.03 Å². The summed E-state index contributed by atoms with van der Waals surface area (Å²) in [6, 6.07) is 3.75. The third kappa shape index (κ3) is 1.87. The van der Waals surface area contributed by atoms with Crippen LogP contribution in [0.25, 0.3) is 0 Å². The van der Waals surface area contributed by atoms with Crippen molar-refractivity contribution in [1.82, 2.24) is 4.98 Å². The first-order chi connectivity index (χ1) is 5.79. The Morgan fingerprint density at radius 1 is 1.75 bits per heavy atom. The average molecular weight is 180 g/mol. The maximum absolute atomic E-state index is 5.80. The van der Waals surface area contributed by atoms with Crippen LogP contribution in [0.2, 0.25) is 0 Å². The van der Waals surface area contributed by atoms with Gasteiger partial charge in [0.2, 0.25) is 0 Å². The summed E-state index contributed by atoms with van der Waals surface area (Å²) in [4.78, 5) is 4.20. The molecule has 3 heteroatoms. The summed E-state index contributed by atoms with van der Waals surface area (Å²) in [6.07, 6.45) is 5.48. The molecular weight excluding hydrogens is 168 g/mol. The van der Waals surface area contributed by atoms with E-state index in [9.17, 15) is 0 Å². The second-order valence-corrected chi connectivity index (χ2v) is 3.16. The molecule has 0 saturated carbocycles. The third-order valence-corrected chi connectivity index (χ3v) is 2.33. The van der Waals surface area contributed by atoms with Crippen LogP contribution >= 0.6 is 11.8 Å². The Balaban J connectivity index is 3.04. The zero-order chi connectivity index (χ0) is 8.97. The molecule has 1 atom stereocenters. The normalized spacial score (nSPS) is 12.5. The van der Waals surface area contributed by atoms with E-state index in [1.54, 1.807) is 24.0 Å². The number of pyridine rings is 1. The molecule has 0 unspecified atom stereocenters. The summed E-state index contributed by atoms with van der Waals surface area (Å²) in [7, 11) is 0. The van der Waals surface area contributed by atoms with E-state index in [1.165, 1.54) is 0 Å². The van der Waals surface area contributed by atoms with Crippen LogP contribution in [-0.2, 0) is 0 Å². The molecular formula is C9H12N2S. The highest BCUT2D eigenvalue weighted by Gasteiger charge is 2.06. The van der Waals surface area contributed by atoms with Gasteiger partial charge in [0, 0.05) is 11.8 Å². The van der Waals surface area contributed by atoms with E-state index in [-0.39, 0.29) is 6.04 Å². The van der Waals surface area contributed by atoms with Crippen molar-refractivity contribution in [3.8, 4) is 0 Å². The number of nitrogens with zero attached hydrogens (tertiary/aromatic N) is 1. The van der Waals surface area contributed by atoms with E-state index in [4.69, 9.17) is 5.73 Å². The monoisotopic (exact) mass is 180 g/mol. The van der Waals surface area contributed by atoms with Crippen LogP contribution in [0.4, 0.5) is 0 Å². The Kier molecular flexibility index (Phi) is 3.31. The molecule has 0 aliphatic rings. The molecule has 1 aromatic rings. The largest absolute Gasteiger partial charge is 0.321 e. The standard InChI is InChI=1S/C9H12N2S/c1-3-8(10)7-5-4-6-11-9(7)12-2/h3-6,8H,1,10H2,2H3/t8-/m0/s1. The molecule has 0 aliphatic heterocycles. The fourth-order valence-electron chi connectivity index (χ4n) is 0.954. The van der Waals surface area contributed by atoms with Crippen LogP contribution in [0.1, 0.15) is 11.6 Å². The van der Waals surface area contributed by atoms with Gasteiger partial charge in [-0.15, -0.1) is 18.3 Å². The minimum absolute atomic E-state index is 0.110. The Morgan fingerprint density at radius 3 is 3.08 bits per heavy atom. The molecule has 12 heavy (non-hydrogen) atoms. The number of nitrogens with two attached hydrogens (primary N) is 1. The summed E-state index contributed by atoms with van der Waals surface area (Å²) in [5, 5.41) is 0.977. The number of thioether (sulfide) groups is 1. The third-order valence-electron chi connectivity index (χ3n) is 1.61. The summed E-state index contributed by atoms with van der Waals surface area (Å²) in [6.45, 7) is 3.65. The minimum Gasteiger partial charge on any atom is -0.321 e. The number of aromatic nitrogens is 1. The van der Waals surface area contributed by atoms with Crippen LogP contribution < -0.4 is 5.73 Å². The lowest BCUT2D eigenvalue weighted by atomic mass is 10.1. The molecule has 1 heterocycles. The zero-order valence-electron chi connectivity index (χ0n) is 7.03. The van der Waals surface area contributed by atoms with Crippen LogP contribution in [0.3, 0.4) is 0 Å². The zero-order valence-corrected chi connectivity index (χ0v) is 7.84. The van der Waals surface area contributed by atoms with E-state index in [0.717, 1.165) is 10.6 Å². The van der Waals surface area contributed by atoms with Crippen molar-refractivity contribution in [2.45, 2.75) is 11.1 Å². The molecule has 0 aliphatic carbocycles. The summed E-state index contributed by atoms with van der Waals surface area (Å²) >= 11 is 1.60. The molecule has 0 radical (unpaired) electrons. The van der Waals surface area contributed by atoms with Crippen molar-refractivity contribution in [2.75, 3.05) is 6.26 Å². The van der Waals surface area contributed by atoms with Gasteiger partial charge in [-0.3, -0.25) is 0 Å². The first-order valence-electron chi connectivity index (χ1n) is 3.66. The molecule has 64 valence electrons. The highest BCUT2D eigenvalue weighted by Crippen LogP contribution is 2.22. The lowest BCUT2D eigenvalue weighted by Crippen LogP contribution is -2.08. The van der Waals surface area contributed by atoms with Crippen LogP contribution in [0.15, 0.2) is 36.0 Å². The first kappa shape index (κ1) is 9.29. The molecule has 2 N–H and O–H groups in total. The maximum Gasteiger partial charge on any atom is 0.101 e. The maximum atomic E-state index is 5.80. The van der Waals surface area contributed by atoms with Gasteiger partial charge in [-0.25, -0.2) is 4.98 Å². The van der Waals surface area contributed by atoms with Crippen LogP contribution in [0, 0.1) is 0 Å². The second kappa shape index (κ2) is 4.28. The topological polar surface area (TPSA) is 38.9 Å². The molecule has 0 amide bonds. The smallest absolute Gasteiger partial charge is 0.101 e. The SMILES string of the molecule is C=C[C@H](N)c1cccnc1SC. The predicted molar refractivity (Wildman–Crippen MR) is 53.1 cm³/mol. The van der Waals surface area contributed by atoms with Crippen LogP contribution in [-0.4, -0.2) is 11.2 Å². The van der Waals surface area contributed by atoms with Crippen molar-refractivity contribution in [2.24, 2.45) is 5.73 Å². The number of hydrogen-bond acceptors (Lipinski definition) is 3. The van der Waals surface area contributed by atoms with Crippen molar-refractivity contribution >= 4 is 11.8 Å². The van der Waals surface area contributed by atoms with Crippen molar-refractivity contribution in [3.05, 3.63) is 36.5 Å². The van der Waals surface area contributed by atoms with Gasteiger partial charge in [0.25, 0.3) is 0 Å². The van der Waals surface area contributed by atoms with Crippen molar-refractivity contribution < 1.29 is 0 Å². The van der Waals surface area contributed by atoms with E-state index in [1.807, 2.05) is 18.4 Å². The van der Waals surface area contributed by atoms with Gasteiger partial charge in [-0.05, 0) is 12.3 Å². The Bertz CT molecular complexity index is 273. The summed E-state index contributed by atoms with van der Waals surface area (Å²) in [5.41, 5.74) is 6.84. The minimum atomic E-state index is -0.110. The molecule has 2 nitrogen and oxygen atoms in total. The quantitative estimate of drug-likeness (QED) is 0.571. The van der Waals surface area contributed by atoms with E-state index in [2.05, 4.69) is 11.6 Å². The Morgan fingerprint density at radius 2 is 2.50 bits per heavy atom. The highest BCUT2D eigenvalue weighted by atomic mass is 32.2. The lowest BCUT2D eigenvalue weighted by molar-refractivity contribution is 0.858. The second-order valence-electron chi connectivity index (χ2n) is 2.36. The van der Waals surface area contributed by atoms with Crippen molar-refractivity contribution in [1.29, 1.82) is 0 Å². The van der Waals surface area contributed by atoms with Gasteiger partial charge in [-0.2, -0.15) is 0 Å². The number of rotatable bonds is 3. The lowest BCUT2D eigenvalue weighted by Gasteiger charge is -2.09. The fraction of sp³-hybridized carbons (Fsp3) is 0.222. The van der Waals surface area contributed by atoms with Crippen LogP contribution in [0.5, 0.6) is 0 Å². The molecule has 0 saturated heterocycles. The van der Waals surface area contributed by atoms with E-state index < -0.39 is 0 Å². The van der Waals surface area contributed by atoms with Gasteiger partial charge < -0.3 is 5.73 Å². The van der Waals surface area contributed by atoms with E-state index >= 15 is 0 Å². The fourth-order valence-corrected chi connectivity index (χ4v) is 1.56. The molecule has 0 aromatic carbocycles. The van der Waals surface area contributed by atoms with E-state index in [0.29, 0.717) is 0 Å². The number of hydrogen-bond donors (Lipinski definition) is 1. The molecule has 1 aromatic heterocycles. The predicted octanol–water partition coefficient (Wildman–Crippen LogP) is 1.99. The van der Waals surface area contributed by atoms with Gasteiger partial charge in [-0.1, -0.05) is 12.1 Å². The van der Waals surface area contributed by atoms with Gasteiger partial charge >= 0.3 is 0 Å². The Labute approximate surface area is 76.9 Å². The van der Waals surface area contributed by atoms with Gasteiger partial charge in [0.15, 0.2) is 0 Å². The highest BCUT2D eigenvalue weighted by molar-refractivity contribution is 7.98. The first-order valence-corrected chi connectivity index (χ1v) is 4.89. The van der Waals surface area contributed by atoms with Crippen molar-refractivity contribution in [3.63, 3.8) is 0 Å². The molecule has 0 fully saturated rings. The molecule has 1 rings (SSSR count). The Hall–Kier alpha value is -0.800.